The zero-order valence-corrected chi connectivity index (χ0v) is 13.5. The predicted octanol–water partition coefficient (Wildman–Crippen LogP) is 3.53. The van der Waals surface area contributed by atoms with Crippen molar-refractivity contribution in [1.82, 2.24) is 0 Å². The first-order valence-electron chi connectivity index (χ1n) is 6.62. The first-order valence-corrected chi connectivity index (χ1v) is 7.49. The Labute approximate surface area is 139 Å². The molecule has 0 spiro atoms. The number of hydrogen-bond acceptors (Lipinski definition) is 4. The lowest BCUT2D eigenvalue weighted by Crippen LogP contribution is -2.38. The van der Waals surface area contributed by atoms with Gasteiger partial charge in [-0.05, 0) is 23.6 Å². The van der Waals surface area contributed by atoms with E-state index in [4.69, 9.17) is 4.74 Å². The van der Waals surface area contributed by atoms with E-state index in [1.165, 1.54) is 36.6 Å². The van der Waals surface area contributed by atoms with Crippen molar-refractivity contribution in [3.8, 4) is 5.75 Å². The average molecular weight is 358 g/mol. The molecule has 0 atom stereocenters. The fourth-order valence-electron chi connectivity index (χ4n) is 1.89. The molecule has 1 aromatic heterocycles. The van der Waals surface area contributed by atoms with Gasteiger partial charge in [0.25, 0.3) is 5.91 Å². The largest absolute Gasteiger partial charge is 0.494 e. The van der Waals surface area contributed by atoms with Gasteiger partial charge < -0.3 is 15.0 Å². The topological polar surface area (TPSA) is 58.6 Å². The second-order valence-electron chi connectivity index (χ2n) is 4.68. The molecule has 1 N–H and O–H groups in total. The van der Waals surface area contributed by atoms with E-state index >= 15 is 0 Å². The minimum absolute atomic E-state index is 0.0108. The molecule has 5 nitrogen and oxygen atoms in total. The number of amides is 2. The van der Waals surface area contributed by atoms with Crippen LogP contribution in [-0.4, -0.2) is 32.1 Å². The number of nitrogens with zero attached hydrogens (tertiary/aromatic N) is 1. The molecule has 2 aromatic rings. The second kappa shape index (κ2) is 6.91. The number of carbonyl (C=O) groups excluding carboxylic acids is 2. The number of methoxy groups -OCH3 is 1. The van der Waals surface area contributed by atoms with Crippen LogP contribution in [0.15, 0.2) is 35.7 Å². The summed E-state index contributed by atoms with van der Waals surface area (Å²) in [7, 11) is 2.32. The van der Waals surface area contributed by atoms with E-state index in [9.17, 15) is 22.8 Å². The van der Waals surface area contributed by atoms with E-state index < -0.39 is 12.1 Å². The highest BCUT2D eigenvalue weighted by Crippen LogP contribution is 2.31. The van der Waals surface area contributed by atoms with Crippen molar-refractivity contribution in [2.45, 2.75) is 6.18 Å². The van der Waals surface area contributed by atoms with E-state index in [0.29, 0.717) is 9.78 Å². The van der Waals surface area contributed by atoms with Crippen LogP contribution in [0.1, 0.15) is 9.67 Å². The molecule has 2 amide bonds. The molecule has 0 saturated heterocycles. The highest BCUT2D eigenvalue weighted by Gasteiger charge is 2.41. The molecule has 2 rings (SSSR count). The Morgan fingerprint density at radius 2 is 1.96 bits per heavy atom. The van der Waals surface area contributed by atoms with Gasteiger partial charge in [0.05, 0.1) is 17.7 Å². The Kier molecular flexibility index (Phi) is 5.13. The maximum atomic E-state index is 12.5. The lowest BCUT2D eigenvalue weighted by atomic mass is 10.2. The van der Waals surface area contributed by atoms with Gasteiger partial charge in [-0.15, -0.1) is 11.3 Å². The molecule has 24 heavy (non-hydrogen) atoms. The highest BCUT2D eigenvalue weighted by molar-refractivity contribution is 7.12. The van der Waals surface area contributed by atoms with Crippen molar-refractivity contribution < 1.29 is 27.5 Å². The quantitative estimate of drug-likeness (QED) is 0.910. The molecule has 1 heterocycles. The van der Waals surface area contributed by atoms with Crippen LogP contribution in [0, 0.1) is 0 Å². The van der Waals surface area contributed by atoms with Gasteiger partial charge in [-0.25, -0.2) is 0 Å². The number of thiophene rings is 1. The van der Waals surface area contributed by atoms with Gasteiger partial charge in [-0.1, -0.05) is 6.07 Å². The number of ether oxygens (including phenoxy) is 1. The summed E-state index contributed by atoms with van der Waals surface area (Å²) in [5, 5.41) is 4.35. The molecule has 1 aromatic carbocycles. The lowest BCUT2D eigenvalue weighted by molar-refractivity contribution is -0.170. The minimum Gasteiger partial charge on any atom is -0.494 e. The molecule has 0 fully saturated rings. The first kappa shape index (κ1) is 17.8. The zero-order valence-electron chi connectivity index (χ0n) is 12.7. The smallest absolute Gasteiger partial charge is 0.471 e. The number of carbonyl (C=O) groups is 2. The average Bonchev–Trinajstić information content (AvgIpc) is 3.07. The molecular formula is C15H13F3N2O3S. The monoisotopic (exact) mass is 358 g/mol. The minimum atomic E-state index is -4.98. The SMILES string of the molecule is COc1cc(N(C)C(=O)C(F)(F)F)ccc1NC(=O)c1cccs1. The molecule has 0 radical (unpaired) electrons. The molecule has 0 saturated carbocycles. The molecule has 0 unspecified atom stereocenters. The van der Waals surface area contributed by atoms with Crippen molar-refractivity contribution in [2.75, 3.05) is 24.4 Å². The van der Waals surface area contributed by atoms with E-state index in [0.717, 1.165) is 7.05 Å². The number of alkyl halides is 3. The Balaban J connectivity index is 2.24. The van der Waals surface area contributed by atoms with Gasteiger partial charge in [-0.3, -0.25) is 9.59 Å². The molecule has 0 bridgehead atoms. The third-order valence-electron chi connectivity index (χ3n) is 3.11. The van der Waals surface area contributed by atoms with Crippen LogP contribution >= 0.6 is 11.3 Å². The summed E-state index contributed by atoms with van der Waals surface area (Å²) < 4.78 is 42.6. The van der Waals surface area contributed by atoms with Crippen LogP contribution in [0.5, 0.6) is 5.75 Å². The number of rotatable bonds is 4. The van der Waals surface area contributed by atoms with E-state index in [1.807, 2.05) is 0 Å². The third kappa shape index (κ3) is 3.85. The Bertz CT molecular complexity index is 745. The van der Waals surface area contributed by atoms with Crippen LogP contribution in [0.3, 0.4) is 0 Å². The van der Waals surface area contributed by atoms with Crippen LogP contribution in [-0.2, 0) is 4.79 Å². The molecule has 0 aliphatic heterocycles. The van der Waals surface area contributed by atoms with Gasteiger partial charge in [0, 0.05) is 18.8 Å². The Morgan fingerprint density at radius 3 is 2.50 bits per heavy atom. The van der Waals surface area contributed by atoms with Gasteiger partial charge in [0.1, 0.15) is 5.75 Å². The van der Waals surface area contributed by atoms with Crippen molar-refractivity contribution in [3.63, 3.8) is 0 Å². The number of anilines is 2. The van der Waals surface area contributed by atoms with E-state index in [1.54, 1.807) is 17.5 Å². The summed E-state index contributed by atoms with van der Waals surface area (Å²) in [5.74, 6) is -2.23. The second-order valence-corrected chi connectivity index (χ2v) is 5.63. The molecule has 0 aliphatic carbocycles. The summed E-state index contributed by atoms with van der Waals surface area (Å²) in [5.41, 5.74) is 0.274. The molecule has 0 aliphatic rings. The molecule has 128 valence electrons. The van der Waals surface area contributed by atoms with Gasteiger partial charge in [-0.2, -0.15) is 13.2 Å². The standard InChI is InChI=1S/C15H13F3N2O3S/c1-20(14(22)15(16,17)18)9-5-6-10(11(8-9)23-2)19-13(21)12-4-3-7-24-12/h3-8H,1-2H3,(H,19,21). The van der Waals surface area contributed by atoms with Crippen molar-refractivity contribution in [1.29, 1.82) is 0 Å². The fraction of sp³-hybridized carbons (Fsp3) is 0.200. The number of hydrogen-bond donors (Lipinski definition) is 1. The zero-order chi connectivity index (χ0) is 17.9. The van der Waals surface area contributed by atoms with Crippen molar-refractivity contribution in [3.05, 3.63) is 40.6 Å². The van der Waals surface area contributed by atoms with E-state index in [-0.39, 0.29) is 23.0 Å². The van der Waals surface area contributed by atoms with Crippen LogP contribution < -0.4 is 15.0 Å². The van der Waals surface area contributed by atoms with Crippen LogP contribution in [0.4, 0.5) is 24.5 Å². The summed E-state index contributed by atoms with van der Waals surface area (Å²) in [4.78, 5) is 24.2. The normalized spacial score (nSPS) is 11.0. The third-order valence-corrected chi connectivity index (χ3v) is 3.98. The number of benzene rings is 1. The first-order chi connectivity index (χ1) is 11.2. The van der Waals surface area contributed by atoms with Gasteiger partial charge >= 0.3 is 12.1 Å². The molecular weight excluding hydrogens is 345 g/mol. The van der Waals surface area contributed by atoms with Crippen molar-refractivity contribution >= 4 is 34.5 Å². The van der Waals surface area contributed by atoms with Crippen molar-refractivity contribution in [2.24, 2.45) is 0 Å². The van der Waals surface area contributed by atoms with Crippen LogP contribution in [0.2, 0.25) is 0 Å². The number of halogens is 3. The Hall–Kier alpha value is -2.55. The summed E-state index contributed by atoms with van der Waals surface area (Å²) >= 11 is 1.25. The highest BCUT2D eigenvalue weighted by atomic mass is 32.1. The molecule has 9 heteroatoms. The predicted molar refractivity (Wildman–Crippen MR) is 84.7 cm³/mol. The van der Waals surface area contributed by atoms with Gasteiger partial charge in [0.15, 0.2) is 0 Å². The van der Waals surface area contributed by atoms with Crippen LogP contribution in [0.25, 0.3) is 0 Å². The Morgan fingerprint density at radius 1 is 1.25 bits per heavy atom. The summed E-state index contributed by atoms with van der Waals surface area (Å²) in [6.07, 6.45) is -4.98. The fourth-order valence-corrected chi connectivity index (χ4v) is 2.51. The lowest BCUT2D eigenvalue weighted by Gasteiger charge is -2.20. The van der Waals surface area contributed by atoms with E-state index in [2.05, 4.69) is 5.32 Å². The summed E-state index contributed by atoms with van der Waals surface area (Å²) in [6.45, 7) is 0. The maximum absolute atomic E-state index is 12.5. The van der Waals surface area contributed by atoms with Gasteiger partial charge in [0.2, 0.25) is 0 Å². The summed E-state index contributed by atoms with van der Waals surface area (Å²) in [6, 6.07) is 7.26. The number of nitrogens with one attached hydrogen (secondary N) is 1. The maximum Gasteiger partial charge on any atom is 0.471 e.